The lowest BCUT2D eigenvalue weighted by atomic mass is 10.1. The van der Waals surface area contributed by atoms with Gasteiger partial charge < -0.3 is 14.0 Å². The number of halogens is 3. The van der Waals surface area contributed by atoms with Gasteiger partial charge in [-0.1, -0.05) is 53.2 Å². The molecule has 3 aromatic rings. The second-order valence-electron chi connectivity index (χ2n) is 7.97. The molecule has 2 unspecified atom stereocenters. The van der Waals surface area contributed by atoms with Crippen molar-refractivity contribution in [1.82, 2.24) is 4.57 Å². The summed E-state index contributed by atoms with van der Waals surface area (Å²) >= 11 is 3.18. The van der Waals surface area contributed by atoms with Gasteiger partial charge >= 0.3 is 13.3 Å². The number of rotatable bonds is 7. The Balaban J connectivity index is 1.98. The van der Waals surface area contributed by atoms with Gasteiger partial charge in [-0.15, -0.1) is 0 Å². The first kappa shape index (κ1) is 24.1. The van der Waals surface area contributed by atoms with Crippen LogP contribution in [0.25, 0.3) is 10.9 Å². The minimum absolute atomic E-state index is 0.0691. The maximum atomic E-state index is 14.9. The van der Waals surface area contributed by atoms with Gasteiger partial charge in [0.2, 0.25) is 0 Å². The minimum Gasteiger partial charge on any atom is -0.340 e. The summed E-state index contributed by atoms with van der Waals surface area (Å²) in [7, 11) is -5.21. The number of benzene rings is 2. The van der Waals surface area contributed by atoms with Crippen molar-refractivity contribution in [2.24, 2.45) is 0 Å². The Bertz CT molecular complexity index is 1180. The zero-order valence-corrected chi connectivity index (χ0v) is 20.7. The van der Waals surface area contributed by atoms with Gasteiger partial charge in [0.15, 0.2) is 0 Å². The molecule has 8 heteroatoms. The molecule has 31 heavy (non-hydrogen) atoms. The molecule has 2 aromatic carbocycles. The molecule has 168 valence electrons. The van der Waals surface area contributed by atoms with Gasteiger partial charge in [-0.3, -0.25) is 4.57 Å². The molecule has 1 N–H and O–H groups in total. The van der Waals surface area contributed by atoms with E-state index in [9.17, 15) is 18.2 Å². The van der Waals surface area contributed by atoms with Gasteiger partial charge in [0.1, 0.15) is 0 Å². The first-order valence-electron chi connectivity index (χ1n) is 10.1. The molecule has 0 aliphatic rings. The molecule has 0 aliphatic heterocycles. The molecule has 0 saturated heterocycles. The average molecular weight is 514 g/mol. The lowest BCUT2D eigenvalue weighted by Gasteiger charge is -2.25. The monoisotopic (exact) mass is 513 g/mol. The van der Waals surface area contributed by atoms with Crippen LogP contribution in [-0.2, 0) is 21.3 Å². The summed E-state index contributed by atoms with van der Waals surface area (Å²) in [6.45, 7) is 9.84. The van der Waals surface area contributed by atoms with Gasteiger partial charge in [-0.25, -0.2) is 0 Å². The third-order valence-electron chi connectivity index (χ3n) is 5.81. The van der Waals surface area contributed by atoms with Crippen LogP contribution in [0.1, 0.15) is 48.2 Å². The number of hydrogen-bond donors (Lipinski definition) is 1. The van der Waals surface area contributed by atoms with Gasteiger partial charge in [0.25, 0.3) is 0 Å². The minimum atomic E-state index is -5.21. The molecule has 0 fully saturated rings. The summed E-state index contributed by atoms with van der Waals surface area (Å²) in [5.41, 5.74) is 0.749. The topological polar surface area (TPSA) is 51.5 Å². The molecule has 0 amide bonds. The quantitative estimate of drug-likeness (QED) is 0.334. The van der Waals surface area contributed by atoms with E-state index in [2.05, 4.69) is 33.5 Å². The van der Waals surface area contributed by atoms with Crippen molar-refractivity contribution in [2.45, 2.75) is 59.4 Å². The second kappa shape index (κ2) is 8.78. The normalized spacial score (nSPS) is 15.3. The van der Waals surface area contributed by atoms with Crippen molar-refractivity contribution in [1.29, 1.82) is 0 Å². The molecule has 0 aliphatic carbocycles. The van der Waals surface area contributed by atoms with Crippen LogP contribution in [0.2, 0.25) is 0 Å². The predicted molar refractivity (Wildman–Crippen MR) is 124 cm³/mol. The molecule has 3 rings (SSSR count). The van der Waals surface area contributed by atoms with Gasteiger partial charge in [-0.2, -0.15) is 8.78 Å². The SMILES string of the molecule is CCC(C)OP(=O)(O)C(F)(F)c1ccc(Cn2c(C)c(C)c3cccc(C)c32)cc1Br. The fraction of sp³-hybridized carbons (Fsp3) is 0.391. The number of para-hydroxylation sites is 1. The number of alkyl halides is 2. The zero-order chi connectivity index (χ0) is 23.1. The number of aryl methyl sites for hydroxylation is 2. The molecule has 4 nitrogen and oxygen atoms in total. The Morgan fingerprint density at radius 3 is 2.52 bits per heavy atom. The molecule has 0 saturated carbocycles. The van der Waals surface area contributed by atoms with Crippen LogP contribution in [0.15, 0.2) is 40.9 Å². The number of hydrogen-bond acceptors (Lipinski definition) is 2. The van der Waals surface area contributed by atoms with E-state index >= 15 is 0 Å². The standard InChI is InChI=1S/C23H27BrF2NO3P/c1-6-15(3)30-31(28,29)23(25,26)20-11-10-18(12-21(20)24)13-27-17(5)16(4)19-9-7-8-14(2)22(19)27/h7-12,15H,6,13H2,1-5H3,(H,28,29). The van der Waals surface area contributed by atoms with Crippen molar-refractivity contribution >= 4 is 34.4 Å². The summed E-state index contributed by atoms with van der Waals surface area (Å²) in [5, 5.41) is 1.17. The molecule has 0 radical (unpaired) electrons. The maximum absolute atomic E-state index is 14.9. The van der Waals surface area contributed by atoms with Crippen LogP contribution < -0.4 is 0 Å². The molecule has 0 spiro atoms. The lowest BCUT2D eigenvalue weighted by molar-refractivity contribution is 0.0341. The Labute approximate surface area is 189 Å². The van der Waals surface area contributed by atoms with Crippen molar-refractivity contribution in [2.75, 3.05) is 0 Å². The van der Waals surface area contributed by atoms with E-state index in [1.807, 2.05) is 26.0 Å². The average Bonchev–Trinajstić information content (AvgIpc) is 2.93. The Morgan fingerprint density at radius 2 is 1.90 bits per heavy atom. The van der Waals surface area contributed by atoms with E-state index in [-0.39, 0.29) is 4.47 Å². The lowest BCUT2D eigenvalue weighted by Crippen LogP contribution is -2.19. The van der Waals surface area contributed by atoms with E-state index in [1.54, 1.807) is 19.1 Å². The van der Waals surface area contributed by atoms with E-state index in [4.69, 9.17) is 4.52 Å². The summed E-state index contributed by atoms with van der Waals surface area (Å²) in [4.78, 5) is 9.97. The van der Waals surface area contributed by atoms with Crippen molar-refractivity contribution in [3.05, 3.63) is 68.8 Å². The summed E-state index contributed by atoms with van der Waals surface area (Å²) in [6, 6.07) is 10.5. The smallest absolute Gasteiger partial charge is 0.340 e. The summed E-state index contributed by atoms with van der Waals surface area (Å²) in [6.07, 6.45) is -0.403. The van der Waals surface area contributed by atoms with Crippen LogP contribution in [0.3, 0.4) is 0 Å². The summed E-state index contributed by atoms with van der Waals surface area (Å²) < 4.78 is 49.2. The predicted octanol–water partition coefficient (Wildman–Crippen LogP) is 7.43. The molecule has 1 heterocycles. The number of nitrogens with zero attached hydrogens (tertiary/aromatic N) is 1. The van der Waals surface area contributed by atoms with Crippen LogP contribution in [0.4, 0.5) is 8.78 Å². The first-order chi connectivity index (χ1) is 14.4. The van der Waals surface area contributed by atoms with Crippen molar-refractivity contribution in [3.8, 4) is 0 Å². The Kier molecular flexibility index (Phi) is 6.83. The maximum Gasteiger partial charge on any atom is 0.402 e. The van der Waals surface area contributed by atoms with E-state index in [0.717, 1.165) is 22.3 Å². The van der Waals surface area contributed by atoms with Gasteiger partial charge in [0, 0.05) is 27.7 Å². The molecule has 2 atom stereocenters. The van der Waals surface area contributed by atoms with Crippen molar-refractivity contribution < 1.29 is 22.8 Å². The number of aromatic nitrogens is 1. The van der Waals surface area contributed by atoms with Gasteiger partial charge in [-0.05, 0) is 56.9 Å². The molecular weight excluding hydrogens is 487 g/mol. The van der Waals surface area contributed by atoms with Crippen LogP contribution in [0, 0.1) is 20.8 Å². The van der Waals surface area contributed by atoms with Gasteiger partial charge in [0.05, 0.1) is 11.6 Å². The third-order valence-corrected chi connectivity index (χ3v) is 8.06. The second-order valence-corrected chi connectivity index (χ2v) is 10.6. The van der Waals surface area contributed by atoms with Crippen LogP contribution >= 0.6 is 23.5 Å². The highest BCUT2D eigenvalue weighted by atomic mass is 79.9. The highest BCUT2D eigenvalue weighted by Crippen LogP contribution is 2.64. The fourth-order valence-corrected chi connectivity index (χ4v) is 5.80. The first-order valence-corrected chi connectivity index (χ1v) is 12.5. The van der Waals surface area contributed by atoms with E-state index in [0.29, 0.717) is 13.0 Å². The summed E-state index contributed by atoms with van der Waals surface area (Å²) in [5.74, 6) is 0. The third kappa shape index (κ3) is 4.38. The largest absolute Gasteiger partial charge is 0.402 e. The van der Waals surface area contributed by atoms with Crippen LogP contribution in [-0.4, -0.2) is 15.6 Å². The van der Waals surface area contributed by atoms with E-state index in [1.165, 1.54) is 23.9 Å². The molecule has 1 aromatic heterocycles. The highest BCUT2D eigenvalue weighted by Gasteiger charge is 2.54. The van der Waals surface area contributed by atoms with E-state index < -0.39 is 24.9 Å². The molecular formula is C23H27BrF2NO3P. The van der Waals surface area contributed by atoms with Crippen molar-refractivity contribution in [3.63, 3.8) is 0 Å². The Morgan fingerprint density at radius 1 is 1.23 bits per heavy atom. The van der Waals surface area contributed by atoms with Crippen LogP contribution in [0.5, 0.6) is 0 Å². The fourth-order valence-electron chi connectivity index (χ4n) is 3.70. The zero-order valence-electron chi connectivity index (χ0n) is 18.2. The highest BCUT2D eigenvalue weighted by molar-refractivity contribution is 9.10. The molecule has 0 bridgehead atoms. The number of fused-ring (bicyclic) bond motifs is 1. The Hall–Kier alpha value is -1.53.